The SMILES string of the molecule is [CH]1C=CC(C2C[CH]CCCC2)C1. The normalized spacial score (nSPS) is 32.2. The van der Waals surface area contributed by atoms with Crippen LogP contribution in [0.15, 0.2) is 12.2 Å². The molecule has 0 bridgehead atoms. The highest BCUT2D eigenvalue weighted by atomic mass is 14.3. The standard InChI is InChI=1S/C12H18/c1-2-4-8-11(7-3-1)12-9-5-6-10-12/h3,5-6,9,11-12H,1-2,4,7-8,10H2. The Hall–Kier alpha value is -0.260. The Morgan fingerprint density at radius 2 is 2.08 bits per heavy atom. The second-order valence-electron chi connectivity index (χ2n) is 4.09. The zero-order valence-corrected chi connectivity index (χ0v) is 7.71. The van der Waals surface area contributed by atoms with E-state index >= 15 is 0 Å². The Bertz CT molecular complexity index is 149. The molecule has 2 aliphatic carbocycles. The molecule has 0 amide bonds. The average molecular weight is 162 g/mol. The zero-order valence-electron chi connectivity index (χ0n) is 7.71. The van der Waals surface area contributed by atoms with Gasteiger partial charge in [0, 0.05) is 0 Å². The summed E-state index contributed by atoms with van der Waals surface area (Å²) in [5.74, 6) is 1.84. The first-order chi connectivity index (χ1) is 5.97. The topological polar surface area (TPSA) is 0 Å². The van der Waals surface area contributed by atoms with Crippen LogP contribution in [0.2, 0.25) is 0 Å². The molecule has 2 unspecified atom stereocenters. The molecule has 0 spiro atoms. The molecule has 12 heavy (non-hydrogen) atoms. The van der Waals surface area contributed by atoms with Crippen molar-refractivity contribution < 1.29 is 0 Å². The van der Waals surface area contributed by atoms with Gasteiger partial charge < -0.3 is 0 Å². The molecule has 2 aliphatic rings. The fourth-order valence-electron chi connectivity index (χ4n) is 2.42. The van der Waals surface area contributed by atoms with Crippen LogP contribution < -0.4 is 0 Å². The quantitative estimate of drug-likeness (QED) is 0.517. The van der Waals surface area contributed by atoms with Crippen molar-refractivity contribution in [3.05, 3.63) is 25.0 Å². The molecule has 0 heteroatoms. The third kappa shape index (κ3) is 1.91. The molecule has 66 valence electrons. The molecule has 0 heterocycles. The third-order valence-electron chi connectivity index (χ3n) is 3.21. The predicted octanol–water partition coefficient (Wildman–Crippen LogP) is 3.55. The van der Waals surface area contributed by atoms with Gasteiger partial charge in [-0.1, -0.05) is 31.4 Å². The fourth-order valence-corrected chi connectivity index (χ4v) is 2.42. The molecule has 2 rings (SSSR count). The molecule has 0 aromatic heterocycles. The molecule has 0 nitrogen and oxygen atoms in total. The minimum absolute atomic E-state index is 0.874. The summed E-state index contributed by atoms with van der Waals surface area (Å²) in [7, 11) is 0. The van der Waals surface area contributed by atoms with E-state index in [1.165, 1.54) is 38.5 Å². The van der Waals surface area contributed by atoms with Crippen LogP contribution in [0.25, 0.3) is 0 Å². The molecule has 0 saturated heterocycles. The summed E-state index contributed by atoms with van der Waals surface area (Å²) in [4.78, 5) is 0. The molecular formula is C12H18. The van der Waals surface area contributed by atoms with Gasteiger partial charge in [0.2, 0.25) is 0 Å². The van der Waals surface area contributed by atoms with Crippen molar-refractivity contribution in [3.8, 4) is 0 Å². The van der Waals surface area contributed by atoms with E-state index in [0.717, 1.165) is 11.8 Å². The van der Waals surface area contributed by atoms with E-state index in [0.29, 0.717) is 0 Å². The summed E-state index contributed by atoms with van der Waals surface area (Å²) in [5.41, 5.74) is 0. The van der Waals surface area contributed by atoms with Crippen LogP contribution in [0.4, 0.5) is 0 Å². The van der Waals surface area contributed by atoms with Gasteiger partial charge >= 0.3 is 0 Å². The van der Waals surface area contributed by atoms with Crippen molar-refractivity contribution in [1.29, 1.82) is 0 Å². The van der Waals surface area contributed by atoms with E-state index in [1.807, 2.05) is 0 Å². The van der Waals surface area contributed by atoms with E-state index in [-0.39, 0.29) is 0 Å². The van der Waals surface area contributed by atoms with Crippen molar-refractivity contribution >= 4 is 0 Å². The van der Waals surface area contributed by atoms with Crippen LogP contribution in [0.5, 0.6) is 0 Å². The monoisotopic (exact) mass is 162 g/mol. The molecule has 2 radical (unpaired) electrons. The van der Waals surface area contributed by atoms with Gasteiger partial charge in [-0.15, -0.1) is 0 Å². The Morgan fingerprint density at radius 1 is 1.08 bits per heavy atom. The lowest BCUT2D eigenvalue weighted by Gasteiger charge is -2.19. The van der Waals surface area contributed by atoms with Crippen LogP contribution in [-0.4, -0.2) is 0 Å². The summed E-state index contributed by atoms with van der Waals surface area (Å²) < 4.78 is 0. The van der Waals surface area contributed by atoms with Crippen molar-refractivity contribution in [2.75, 3.05) is 0 Å². The summed E-state index contributed by atoms with van der Waals surface area (Å²) in [5, 5.41) is 0. The van der Waals surface area contributed by atoms with Crippen molar-refractivity contribution in [1.82, 2.24) is 0 Å². The maximum absolute atomic E-state index is 2.50. The highest BCUT2D eigenvalue weighted by Crippen LogP contribution is 2.34. The first-order valence-electron chi connectivity index (χ1n) is 5.28. The Morgan fingerprint density at radius 3 is 2.92 bits per heavy atom. The van der Waals surface area contributed by atoms with Gasteiger partial charge in [-0.05, 0) is 43.9 Å². The van der Waals surface area contributed by atoms with Crippen molar-refractivity contribution in [2.45, 2.75) is 38.5 Å². The highest BCUT2D eigenvalue weighted by molar-refractivity contribution is 5.09. The second kappa shape index (κ2) is 4.11. The lowest BCUT2D eigenvalue weighted by Crippen LogP contribution is -2.09. The molecular weight excluding hydrogens is 144 g/mol. The maximum atomic E-state index is 2.50. The van der Waals surface area contributed by atoms with E-state index in [2.05, 4.69) is 25.0 Å². The van der Waals surface area contributed by atoms with Crippen molar-refractivity contribution in [2.24, 2.45) is 11.8 Å². The van der Waals surface area contributed by atoms with Gasteiger partial charge in [-0.2, -0.15) is 0 Å². The molecule has 0 aliphatic heterocycles. The minimum atomic E-state index is 0.874. The van der Waals surface area contributed by atoms with Gasteiger partial charge in [-0.3, -0.25) is 0 Å². The third-order valence-corrected chi connectivity index (χ3v) is 3.21. The largest absolute Gasteiger partial charge is 0.0848 e. The van der Waals surface area contributed by atoms with E-state index in [4.69, 9.17) is 0 Å². The molecule has 1 fully saturated rings. The number of hydrogen-bond acceptors (Lipinski definition) is 0. The fraction of sp³-hybridized carbons (Fsp3) is 0.667. The Balaban J connectivity index is 1.87. The van der Waals surface area contributed by atoms with Crippen LogP contribution in [0.1, 0.15) is 38.5 Å². The summed E-state index contributed by atoms with van der Waals surface area (Å²) >= 11 is 0. The Kier molecular flexibility index (Phi) is 2.86. The molecule has 0 aromatic rings. The van der Waals surface area contributed by atoms with Gasteiger partial charge in [0.15, 0.2) is 0 Å². The first kappa shape index (κ1) is 8.34. The molecule has 0 N–H and O–H groups in total. The minimum Gasteiger partial charge on any atom is -0.0848 e. The van der Waals surface area contributed by atoms with Gasteiger partial charge in [-0.25, -0.2) is 0 Å². The number of rotatable bonds is 1. The molecule has 1 saturated carbocycles. The first-order valence-corrected chi connectivity index (χ1v) is 5.28. The van der Waals surface area contributed by atoms with E-state index in [9.17, 15) is 0 Å². The molecule has 2 atom stereocenters. The zero-order chi connectivity index (χ0) is 8.23. The lowest BCUT2D eigenvalue weighted by atomic mass is 9.86. The summed E-state index contributed by atoms with van der Waals surface area (Å²) in [6.45, 7) is 0. The predicted molar refractivity (Wildman–Crippen MR) is 52.4 cm³/mol. The number of allylic oxidation sites excluding steroid dienone is 2. The number of hydrogen-bond donors (Lipinski definition) is 0. The highest BCUT2D eigenvalue weighted by Gasteiger charge is 2.22. The summed E-state index contributed by atoms with van der Waals surface area (Å²) in [6, 6.07) is 0. The average Bonchev–Trinajstić information content (AvgIpc) is 2.48. The van der Waals surface area contributed by atoms with Gasteiger partial charge in [0.05, 0.1) is 0 Å². The summed E-state index contributed by atoms with van der Waals surface area (Å²) in [6.07, 6.45) is 17.8. The smallest absolute Gasteiger partial charge is 0.0164 e. The maximum Gasteiger partial charge on any atom is -0.0164 e. The second-order valence-corrected chi connectivity index (χ2v) is 4.09. The Labute approximate surface area is 76.1 Å². The van der Waals surface area contributed by atoms with E-state index < -0.39 is 0 Å². The van der Waals surface area contributed by atoms with Gasteiger partial charge in [0.1, 0.15) is 0 Å². The van der Waals surface area contributed by atoms with Gasteiger partial charge in [0.25, 0.3) is 0 Å². The van der Waals surface area contributed by atoms with Crippen LogP contribution >= 0.6 is 0 Å². The lowest BCUT2D eigenvalue weighted by molar-refractivity contribution is 0.373. The van der Waals surface area contributed by atoms with Crippen molar-refractivity contribution in [3.63, 3.8) is 0 Å². The van der Waals surface area contributed by atoms with Crippen LogP contribution in [0.3, 0.4) is 0 Å². The van der Waals surface area contributed by atoms with Crippen LogP contribution in [0, 0.1) is 24.7 Å². The van der Waals surface area contributed by atoms with E-state index in [1.54, 1.807) is 0 Å². The van der Waals surface area contributed by atoms with Crippen LogP contribution in [-0.2, 0) is 0 Å². The molecule has 0 aromatic carbocycles.